The lowest BCUT2D eigenvalue weighted by Gasteiger charge is -2.13. The van der Waals surface area contributed by atoms with Crippen LogP contribution in [0.5, 0.6) is 5.75 Å². The summed E-state index contributed by atoms with van der Waals surface area (Å²) in [6.07, 6.45) is 0. The van der Waals surface area contributed by atoms with Crippen LogP contribution in [0, 0.1) is 5.92 Å². The van der Waals surface area contributed by atoms with E-state index in [-0.39, 0.29) is 11.9 Å². The Morgan fingerprint density at radius 2 is 1.40 bits per heavy atom. The van der Waals surface area contributed by atoms with Crippen molar-refractivity contribution in [3.8, 4) is 5.75 Å². The molecule has 3 aromatic rings. The first-order chi connectivity index (χ1) is 9.66. The van der Waals surface area contributed by atoms with Gasteiger partial charge in [0.1, 0.15) is 5.75 Å². The smallest absolute Gasteiger partial charge is 0.313 e. The van der Waals surface area contributed by atoms with Crippen LogP contribution in [0.25, 0.3) is 21.5 Å². The summed E-state index contributed by atoms with van der Waals surface area (Å²) < 4.78 is 5.66. The topological polar surface area (TPSA) is 26.3 Å². The molecule has 0 saturated carbocycles. The number of hydrogen-bond acceptors (Lipinski definition) is 2. The number of rotatable bonds is 2. The van der Waals surface area contributed by atoms with Crippen molar-refractivity contribution in [1.82, 2.24) is 0 Å². The van der Waals surface area contributed by atoms with Crippen molar-refractivity contribution in [2.75, 3.05) is 0 Å². The molecule has 0 radical (unpaired) electrons. The molecule has 0 heterocycles. The molecule has 0 fully saturated rings. The monoisotopic (exact) mass is 264 g/mol. The summed E-state index contributed by atoms with van der Waals surface area (Å²) in [5.41, 5.74) is 0. The maximum atomic E-state index is 12.0. The first-order valence-electron chi connectivity index (χ1n) is 6.79. The summed E-state index contributed by atoms with van der Waals surface area (Å²) in [4.78, 5) is 12.0. The molecule has 0 saturated heterocycles. The lowest BCUT2D eigenvalue weighted by molar-refractivity contribution is -0.137. The van der Waals surface area contributed by atoms with Crippen LogP contribution in [0.4, 0.5) is 0 Å². The Morgan fingerprint density at radius 1 is 0.900 bits per heavy atom. The molecule has 0 N–H and O–H groups in total. The molecule has 2 heteroatoms. The van der Waals surface area contributed by atoms with E-state index in [4.69, 9.17) is 4.74 Å². The minimum absolute atomic E-state index is 0.146. The van der Waals surface area contributed by atoms with Gasteiger partial charge in [-0.3, -0.25) is 4.79 Å². The van der Waals surface area contributed by atoms with Crippen LogP contribution in [0.3, 0.4) is 0 Å². The third-order valence-corrected chi connectivity index (χ3v) is 3.40. The first-order valence-corrected chi connectivity index (χ1v) is 6.79. The summed E-state index contributed by atoms with van der Waals surface area (Å²) >= 11 is 0. The summed E-state index contributed by atoms with van der Waals surface area (Å²) in [7, 11) is 0. The normalized spacial score (nSPS) is 11.2. The fourth-order valence-corrected chi connectivity index (χ4v) is 2.30. The fourth-order valence-electron chi connectivity index (χ4n) is 2.30. The quantitative estimate of drug-likeness (QED) is 0.385. The van der Waals surface area contributed by atoms with Gasteiger partial charge in [-0.2, -0.15) is 0 Å². The lowest BCUT2D eigenvalue weighted by Crippen LogP contribution is -2.15. The standard InChI is InChI=1S/C18H16O2/c1-12(2)18(19)20-17-15-9-5-3-7-13(15)11-14-8-4-6-10-16(14)17/h3-12H,1-2H3. The number of fused-ring (bicyclic) bond motifs is 2. The maximum Gasteiger partial charge on any atom is 0.313 e. The molecular weight excluding hydrogens is 248 g/mol. The summed E-state index contributed by atoms with van der Waals surface area (Å²) in [6.45, 7) is 3.69. The zero-order chi connectivity index (χ0) is 14.1. The Kier molecular flexibility index (Phi) is 3.15. The molecule has 3 rings (SSSR count). The highest BCUT2D eigenvalue weighted by Gasteiger charge is 2.14. The highest BCUT2D eigenvalue weighted by Crippen LogP contribution is 2.35. The Bertz CT molecular complexity index is 734. The predicted octanol–water partition coefficient (Wildman–Crippen LogP) is 4.55. The second-order valence-corrected chi connectivity index (χ2v) is 5.22. The van der Waals surface area contributed by atoms with E-state index in [2.05, 4.69) is 6.07 Å². The van der Waals surface area contributed by atoms with Crippen molar-refractivity contribution in [2.45, 2.75) is 13.8 Å². The van der Waals surface area contributed by atoms with Crippen LogP contribution in [0.2, 0.25) is 0 Å². The second kappa shape index (κ2) is 4.97. The summed E-state index contributed by atoms with van der Waals surface area (Å²) in [5, 5.41) is 4.11. The summed E-state index contributed by atoms with van der Waals surface area (Å²) in [5.74, 6) is 0.316. The molecule has 0 aliphatic carbocycles. The number of esters is 1. The molecule has 0 atom stereocenters. The van der Waals surface area contributed by atoms with Crippen LogP contribution >= 0.6 is 0 Å². The Morgan fingerprint density at radius 3 is 1.90 bits per heavy atom. The van der Waals surface area contributed by atoms with E-state index in [1.165, 1.54) is 0 Å². The van der Waals surface area contributed by atoms with E-state index in [0.717, 1.165) is 21.5 Å². The van der Waals surface area contributed by atoms with Gasteiger partial charge in [-0.05, 0) is 16.8 Å². The molecule has 2 nitrogen and oxygen atoms in total. The molecule has 20 heavy (non-hydrogen) atoms. The van der Waals surface area contributed by atoms with E-state index >= 15 is 0 Å². The minimum Gasteiger partial charge on any atom is -0.425 e. The number of hydrogen-bond donors (Lipinski definition) is 0. The van der Waals surface area contributed by atoms with Crippen LogP contribution in [0.15, 0.2) is 54.6 Å². The van der Waals surface area contributed by atoms with Crippen molar-refractivity contribution < 1.29 is 9.53 Å². The fraction of sp³-hybridized carbons (Fsp3) is 0.167. The average Bonchev–Trinajstić information content (AvgIpc) is 2.46. The van der Waals surface area contributed by atoms with Crippen molar-refractivity contribution in [3.63, 3.8) is 0 Å². The van der Waals surface area contributed by atoms with E-state index in [9.17, 15) is 4.79 Å². The number of carbonyl (C=O) groups is 1. The number of benzene rings is 3. The zero-order valence-corrected chi connectivity index (χ0v) is 11.6. The summed E-state index contributed by atoms with van der Waals surface area (Å²) in [6, 6.07) is 18.1. The van der Waals surface area contributed by atoms with Crippen molar-refractivity contribution in [3.05, 3.63) is 54.6 Å². The third kappa shape index (κ3) is 2.14. The Balaban J connectivity index is 2.30. The van der Waals surface area contributed by atoms with Gasteiger partial charge in [-0.1, -0.05) is 62.4 Å². The molecule has 0 bridgehead atoms. The molecule has 0 aromatic heterocycles. The van der Waals surface area contributed by atoms with Gasteiger partial charge in [0.15, 0.2) is 0 Å². The molecule has 0 aliphatic rings. The van der Waals surface area contributed by atoms with Crippen molar-refractivity contribution >= 4 is 27.5 Å². The van der Waals surface area contributed by atoms with Crippen LogP contribution in [0.1, 0.15) is 13.8 Å². The van der Waals surface area contributed by atoms with Gasteiger partial charge in [0.25, 0.3) is 0 Å². The molecule has 0 aliphatic heterocycles. The Labute approximate surface area is 118 Å². The van der Waals surface area contributed by atoms with Gasteiger partial charge < -0.3 is 4.74 Å². The highest BCUT2D eigenvalue weighted by atomic mass is 16.5. The predicted molar refractivity (Wildman–Crippen MR) is 81.9 cm³/mol. The second-order valence-electron chi connectivity index (χ2n) is 5.22. The SMILES string of the molecule is CC(C)C(=O)Oc1c2ccccc2cc2ccccc12. The zero-order valence-electron chi connectivity index (χ0n) is 11.6. The maximum absolute atomic E-state index is 12.0. The van der Waals surface area contributed by atoms with E-state index in [1.807, 2.05) is 62.4 Å². The molecular formula is C18H16O2. The Hall–Kier alpha value is -2.35. The number of ether oxygens (including phenoxy) is 1. The average molecular weight is 264 g/mol. The molecule has 3 aromatic carbocycles. The van der Waals surface area contributed by atoms with Gasteiger partial charge in [-0.25, -0.2) is 0 Å². The lowest BCUT2D eigenvalue weighted by atomic mass is 10.0. The van der Waals surface area contributed by atoms with Crippen LogP contribution < -0.4 is 4.74 Å². The van der Waals surface area contributed by atoms with E-state index < -0.39 is 0 Å². The largest absolute Gasteiger partial charge is 0.425 e. The number of carbonyl (C=O) groups excluding carboxylic acids is 1. The van der Waals surface area contributed by atoms with Gasteiger partial charge in [0.05, 0.1) is 5.92 Å². The van der Waals surface area contributed by atoms with Crippen LogP contribution in [-0.4, -0.2) is 5.97 Å². The van der Waals surface area contributed by atoms with Crippen molar-refractivity contribution in [2.24, 2.45) is 5.92 Å². The van der Waals surface area contributed by atoms with E-state index in [1.54, 1.807) is 0 Å². The van der Waals surface area contributed by atoms with Gasteiger partial charge in [0, 0.05) is 10.8 Å². The van der Waals surface area contributed by atoms with E-state index in [0.29, 0.717) is 5.75 Å². The highest BCUT2D eigenvalue weighted by molar-refractivity contribution is 6.06. The van der Waals surface area contributed by atoms with Gasteiger partial charge in [0.2, 0.25) is 0 Å². The van der Waals surface area contributed by atoms with Crippen LogP contribution in [-0.2, 0) is 4.79 Å². The third-order valence-electron chi connectivity index (χ3n) is 3.40. The molecule has 0 spiro atoms. The van der Waals surface area contributed by atoms with Crippen molar-refractivity contribution in [1.29, 1.82) is 0 Å². The molecule has 0 amide bonds. The molecule has 100 valence electrons. The van der Waals surface area contributed by atoms with Gasteiger partial charge >= 0.3 is 5.97 Å². The molecule has 0 unspecified atom stereocenters. The first kappa shape index (κ1) is 12.7. The van der Waals surface area contributed by atoms with Gasteiger partial charge in [-0.15, -0.1) is 0 Å². The minimum atomic E-state index is -0.202.